The molecule has 46 heavy (non-hydrogen) atoms. The maximum atomic E-state index is 11.7. The van der Waals surface area contributed by atoms with Crippen LogP contribution in [0.5, 0.6) is 0 Å². The Morgan fingerprint density at radius 1 is 0.435 bits per heavy atom. The molecule has 0 rings (SSSR count). The molecule has 0 aromatic heterocycles. The first-order valence-corrected chi connectivity index (χ1v) is 21.3. The molecule has 1 unspecified atom stereocenters. The van der Waals surface area contributed by atoms with Gasteiger partial charge in [-0.05, 0) is 12.8 Å². The molecule has 0 radical (unpaired) electrons. The van der Waals surface area contributed by atoms with Crippen molar-refractivity contribution in [1.29, 1.82) is 0 Å². The van der Waals surface area contributed by atoms with Crippen molar-refractivity contribution in [3.8, 4) is 0 Å². The van der Waals surface area contributed by atoms with E-state index in [9.17, 15) is 9.90 Å². The van der Waals surface area contributed by atoms with Gasteiger partial charge in [-0.3, -0.25) is 4.79 Å². The summed E-state index contributed by atoms with van der Waals surface area (Å²) in [4.78, 5) is 33.2. The second-order valence-corrected chi connectivity index (χ2v) is 14.8. The molecule has 0 aliphatic heterocycles. The molecule has 0 aliphatic carbocycles. The Morgan fingerprint density at radius 3 is 0.739 bits per heavy atom. The van der Waals surface area contributed by atoms with Gasteiger partial charge in [-0.25, -0.2) is 4.57 Å². The van der Waals surface area contributed by atoms with Crippen molar-refractivity contribution in [2.24, 2.45) is 5.92 Å². The van der Waals surface area contributed by atoms with E-state index >= 15 is 0 Å². The van der Waals surface area contributed by atoms with Crippen LogP contribution in [0.3, 0.4) is 0 Å². The summed E-state index contributed by atoms with van der Waals surface area (Å²) in [6, 6.07) is 0. The average molecular weight is 703 g/mol. The number of hydrogen-bond donors (Lipinski definition) is 4. The van der Waals surface area contributed by atoms with Crippen molar-refractivity contribution in [2.45, 2.75) is 232 Å². The molecule has 0 heterocycles. The monoisotopic (exact) mass is 703 g/mol. The van der Waals surface area contributed by atoms with Gasteiger partial charge in [0, 0.05) is 0 Å². The van der Waals surface area contributed by atoms with Crippen LogP contribution in [-0.2, 0) is 9.36 Å². The Balaban J connectivity index is -0.00000122. The number of aliphatic carboxylic acids is 1. The average Bonchev–Trinajstić information content (AvgIpc) is 2.98. The van der Waals surface area contributed by atoms with Crippen molar-refractivity contribution in [1.82, 2.24) is 0 Å². The number of rotatable bonds is 35. The van der Waals surface area contributed by atoms with E-state index in [4.69, 9.17) is 19.2 Å². The third-order valence-corrected chi connectivity index (χ3v) is 9.16. The van der Waals surface area contributed by atoms with Gasteiger partial charge in [0.15, 0.2) is 0 Å². The van der Waals surface area contributed by atoms with E-state index in [-0.39, 0.29) is 58.7 Å². The van der Waals surface area contributed by atoms with Crippen LogP contribution in [0, 0.1) is 5.92 Å². The van der Waals surface area contributed by atoms with Crippen molar-refractivity contribution < 1.29 is 82.0 Å². The molecule has 8 heteroatoms. The molecule has 0 aromatic rings. The SMILES string of the molecule is CCCCCCCCCCCCCCCCCCCCC(CCCCCCCCCCCCCCCC)C(=O)O.O=P(O)(O)O.[H-].[K+]. The Labute approximate surface area is 331 Å². The van der Waals surface area contributed by atoms with Crippen LogP contribution in [0.1, 0.15) is 234 Å². The van der Waals surface area contributed by atoms with Crippen LogP contribution in [-0.4, -0.2) is 25.8 Å². The minimum absolute atomic E-state index is 0. The fourth-order valence-electron chi connectivity index (χ4n) is 6.27. The van der Waals surface area contributed by atoms with Gasteiger partial charge in [-0.2, -0.15) is 0 Å². The molecule has 0 fully saturated rings. The Hall–Kier alpha value is 1.22. The van der Waals surface area contributed by atoms with Crippen molar-refractivity contribution >= 4 is 13.8 Å². The van der Waals surface area contributed by atoms with Gasteiger partial charge in [0.2, 0.25) is 0 Å². The topological polar surface area (TPSA) is 115 Å². The molecule has 0 saturated carbocycles. The first-order valence-electron chi connectivity index (χ1n) is 19.7. The second kappa shape index (κ2) is 42.4. The largest absolute Gasteiger partial charge is 1.00 e. The number of unbranched alkanes of at least 4 members (excludes halogenated alkanes) is 30. The fourth-order valence-corrected chi connectivity index (χ4v) is 6.27. The zero-order valence-corrected chi connectivity index (χ0v) is 35.2. The maximum Gasteiger partial charge on any atom is 1.00 e. The summed E-state index contributed by atoms with van der Waals surface area (Å²) in [5.74, 6) is -0.653. The van der Waals surface area contributed by atoms with E-state index in [2.05, 4.69) is 13.8 Å². The van der Waals surface area contributed by atoms with E-state index in [0.29, 0.717) is 0 Å². The summed E-state index contributed by atoms with van der Waals surface area (Å²) >= 11 is 0. The van der Waals surface area contributed by atoms with Crippen molar-refractivity contribution in [3.05, 3.63) is 0 Å². The number of carboxylic acid groups (broad SMARTS) is 1. The van der Waals surface area contributed by atoms with Crippen LogP contribution in [0.2, 0.25) is 0 Å². The van der Waals surface area contributed by atoms with Crippen LogP contribution >= 0.6 is 7.82 Å². The number of carbonyl (C=O) groups is 1. The Kier molecular flexibility index (Phi) is 47.5. The molecule has 0 aromatic carbocycles. The van der Waals surface area contributed by atoms with Crippen LogP contribution in [0.25, 0.3) is 0 Å². The predicted molar refractivity (Wildman–Crippen MR) is 195 cm³/mol. The first kappa shape index (κ1) is 51.6. The van der Waals surface area contributed by atoms with E-state index < -0.39 is 13.8 Å². The molecule has 4 N–H and O–H groups in total. The molecule has 1 atom stereocenters. The second-order valence-electron chi connectivity index (χ2n) is 13.7. The molecule has 6 nitrogen and oxygen atoms in total. The molecule has 274 valence electrons. The predicted octanol–water partition coefficient (Wildman–Crippen LogP) is 10.2. The van der Waals surface area contributed by atoms with Gasteiger partial charge in [0.1, 0.15) is 0 Å². The Morgan fingerprint density at radius 2 is 0.587 bits per heavy atom. The summed E-state index contributed by atoms with van der Waals surface area (Å²) in [5.41, 5.74) is 0. The van der Waals surface area contributed by atoms with E-state index in [0.717, 1.165) is 25.7 Å². The van der Waals surface area contributed by atoms with Crippen molar-refractivity contribution in [2.75, 3.05) is 0 Å². The van der Waals surface area contributed by atoms with Crippen molar-refractivity contribution in [3.63, 3.8) is 0 Å². The van der Waals surface area contributed by atoms with Crippen LogP contribution < -0.4 is 51.4 Å². The van der Waals surface area contributed by atoms with Gasteiger partial charge in [-0.1, -0.05) is 219 Å². The molecular formula is C38H80KO6P. The maximum absolute atomic E-state index is 11.7. The van der Waals surface area contributed by atoms with E-state index in [1.807, 2.05) is 0 Å². The van der Waals surface area contributed by atoms with Gasteiger partial charge in [0.05, 0.1) is 5.92 Å². The normalized spacial score (nSPS) is 11.9. The number of carboxylic acids is 1. The van der Waals surface area contributed by atoms with E-state index in [1.165, 1.54) is 193 Å². The van der Waals surface area contributed by atoms with E-state index in [1.54, 1.807) is 0 Å². The Bertz CT molecular complexity index is 629. The number of hydrogen-bond acceptors (Lipinski definition) is 2. The van der Waals surface area contributed by atoms with Crippen LogP contribution in [0.4, 0.5) is 0 Å². The molecule has 0 amide bonds. The zero-order chi connectivity index (χ0) is 33.7. The molecule has 0 aliphatic rings. The molecule has 0 bridgehead atoms. The number of phosphoric acid groups is 1. The first-order chi connectivity index (χ1) is 21.7. The minimum Gasteiger partial charge on any atom is -1.00 e. The summed E-state index contributed by atoms with van der Waals surface area (Å²) in [6.07, 6.45) is 45.8. The molecule has 0 spiro atoms. The third-order valence-electron chi connectivity index (χ3n) is 9.16. The zero-order valence-electron chi connectivity index (χ0n) is 32.2. The smallest absolute Gasteiger partial charge is 1.00 e. The standard InChI is InChI=1S/C38H76O2.K.H3O4P.H/c1-3-5-7-9-11-13-15-17-19-20-21-22-24-26-28-30-32-34-36-37(38(39)40)35-33-31-29-27-25-23-18-16-14-12-10-8-6-4-2;;1-5(2,3)4;/h37H,3-36H2,1-2H3,(H,39,40);;(H3,1,2,3,4);/q;+1;;-1. The minimum atomic E-state index is -4.64. The quantitative estimate of drug-likeness (QED) is 0.0297. The summed E-state index contributed by atoms with van der Waals surface area (Å²) < 4.78 is 8.88. The van der Waals surface area contributed by atoms with Gasteiger partial charge >= 0.3 is 65.2 Å². The molecular weight excluding hydrogens is 622 g/mol. The summed E-state index contributed by atoms with van der Waals surface area (Å²) in [6.45, 7) is 4.58. The van der Waals surface area contributed by atoms with Gasteiger partial charge in [-0.15, -0.1) is 0 Å². The molecule has 0 saturated heterocycles. The van der Waals surface area contributed by atoms with Crippen LogP contribution in [0.15, 0.2) is 0 Å². The third kappa shape index (κ3) is 52.0. The van der Waals surface area contributed by atoms with Gasteiger partial charge < -0.3 is 21.2 Å². The summed E-state index contributed by atoms with van der Waals surface area (Å²) in [5, 5.41) is 9.62. The van der Waals surface area contributed by atoms with Gasteiger partial charge in [0.25, 0.3) is 0 Å². The fraction of sp³-hybridized carbons (Fsp3) is 0.974. The summed E-state index contributed by atoms with van der Waals surface area (Å²) in [7, 11) is -4.64.